The smallest absolute Gasteiger partial charge is 0.267 e. The van der Waals surface area contributed by atoms with E-state index in [1.165, 1.54) is 11.3 Å². The Hall–Kier alpha value is -1.34. The molecule has 1 aromatic heterocycles. The Kier molecular flexibility index (Phi) is 4.82. The summed E-state index contributed by atoms with van der Waals surface area (Å²) in [6, 6.07) is 0.553. The van der Waals surface area contributed by atoms with Gasteiger partial charge in [0.15, 0.2) is 5.13 Å². The van der Waals surface area contributed by atoms with Crippen molar-refractivity contribution in [1.29, 1.82) is 0 Å². The summed E-state index contributed by atoms with van der Waals surface area (Å²) in [5.41, 5.74) is 5.88. The average molecular weight is 297 g/mol. The molecule has 1 aliphatic rings. The molecule has 1 fully saturated rings. The molecule has 2 heterocycles. The minimum Gasteiger partial charge on any atom is -0.382 e. The van der Waals surface area contributed by atoms with Gasteiger partial charge in [0.25, 0.3) is 5.91 Å². The molecule has 4 N–H and O–H groups in total. The number of nitrogens with two attached hydrogens (primary N) is 1. The number of amides is 1. The number of nitrogens with zero attached hydrogens (tertiary/aromatic N) is 2. The Morgan fingerprint density at radius 1 is 1.50 bits per heavy atom. The fourth-order valence-electron chi connectivity index (χ4n) is 2.31. The van der Waals surface area contributed by atoms with Gasteiger partial charge in [-0.1, -0.05) is 11.3 Å². The summed E-state index contributed by atoms with van der Waals surface area (Å²) in [6.07, 6.45) is 1.97. The van der Waals surface area contributed by atoms with Gasteiger partial charge in [0.05, 0.1) is 0 Å². The predicted molar refractivity (Wildman–Crippen MR) is 83.3 cm³/mol. The van der Waals surface area contributed by atoms with Crippen molar-refractivity contribution in [3.8, 4) is 0 Å². The standard InChI is InChI=1S/C13H23N5OS/c1-8(2)16-13-17-11(14)10(20-13)12(19)18(3)9-4-6-15-7-5-9/h8-9,15H,4-7,14H2,1-3H3,(H,16,17). The van der Waals surface area contributed by atoms with E-state index in [1.54, 1.807) is 0 Å². The highest BCUT2D eigenvalue weighted by atomic mass is 32.1. The maximum Gasteiger partial charge on any atom is 0.267 e. The van der Waals surface area contributed by atoms with Crippen LogP contribution in [0.4, 0.5) is 10.9 Å². The zero-order chi connectivity index (χ0) is 14.7. The number of piperidine rings is 1. The second-order valence-electron chi connectivity index (χ2n) is 5.43. The van der Waals surface area contributed by atoms with Crippen molar-refractivity contribution in [2.45, 2.75) is 38.8 Å². The van der Waals surface area contributed by atoms with Crippen LogP contribution >= 0.6 is 11.3 Å². The van der Waals surface area contributed by atoms with Crippen LogP contribution in [0.15, 0.2) is 0 Å². The van der Waals surface area contributed by atoms with Crippen LogP contribution < -0.4 is 16.4 Å². The molecular weight excluding hydrogens is 274 g/mol. The van der Waals surface area contributed by atoms with E-state index < -0.39 is 0 Å². The van der Waals surface area contributed by atoms with Crippen molar-refractivity contribution in [2.24, 2.45) is 0 Å². The van der Waals surface area contributed by atoms with Crippen molar-refractivity contribution in [3.05, 3.63) is 4.88 Å². The summed E-state index contributed by atoms with van der Waals surface area (Å²) in [7, 11) is 1.85. The maximum atomic E-state index is 12.5. The van der Waals surface area contributed by atoms with Gasteiger partial charge in [-0.25, -0.2) is 4.98 Å². The first-order chi connectivity index (χ1) is 9.49. The molecule has 0 saturated carbocycles. The SMILES string of the molecule is CC(C)Nc1nc(N)c(C(=O)N(C)C2CCNCC2)s1. The lowest BCUT2D eigenvalue weighted by atomic mass is 10.1. The highest BCUT2D eigenvalue weighted by molar-refractivity contribution is 7.18. The Labute approximate surface area is 123 Å². The Bertz CT molecular complexity index is 467. The molecule has 0 aromatic carbocycles. The number of carbonyl (C=O) groups is 1. The molecule has 1 amide bonds. The first-order valence-corrected chi connectivity index (χ1v) is 7.81. The van der Waals surface area contributed by atoms with Gasteiger partial charge in [-0.3, -0.25) is 4.79 Å². The highest BCUT2D eigenvalue weighted by Crippen LogP contribution is 2.27. The molecule has 0 spiro atoms. The summed E-state index contributed by atoms with van der Waals surface area (Å²) in [5.74, 6) is 0.299. The van der Waals surface area contributed by atoms with Gasteiger partial charge in [-0.15, -0.1) is 0 Å². The number of nitrogen functional groups attached to an aromatic ring is 1. The largest absolute Gasteiger partial charge is 0.382 e. The van der Waals surface area contributed by atoms with Crippen molar-refractivity contribution >= 4 is 28.2 Å². The summed E-state index contributed by atoms with van der Waals surface area (Å²) >= 11 is 1.33. The molecule has 0 bridgehead atoms. The lowest BCUT2D eigenvalue weighted by Gasteiger charge is -2.31. The number of aromatic nitrogens is 1. The van der Waals surface area contributed by atoms with Crippen molar-refractivity contribution < 1.29 is 4.79 Å². The molecule has 2 rings (SSSR count). The predicted octanol–water partition coefficient (Wildman–Crippen LogP) is 1.37. The van der Waals surface area contributed by atoms with Gasteiger partial charge in [0.1, 0.15) is 10.7 Å². The molecule has 0 radical (unpaired) electrons. The lowest BCUT2D eigenvalue weighted by Crippen LogP contribution is -2.43. The first kappa shape index (κ1) is 15.1. The molecule has 7 heteroatoms. The van der Waals surface area contributed by atoms with E-state index in [1.807, 2.05) is 25.8 Å². The van der Waals surface area contributed by atoms with Gasteiger partial charge in [0.2, 0.25) is 0 Å². The van der Waals surface area contributed by atoms with Crippen molar-refractivity contribution in [1.82, 2.24) is 15.2 Å². The molecule has 0 aliphatic carbocycles. The van der Waals surface area contributed by atoms with E-state index in [-0.39, 0.29) is 18.0 Å². The summed E-state index contributed by atoms with van der Waals surface area (Å²) < 4.78 is 0. The van der Waals surface area contributed by atoms with Crippen LogP contribution in [0.3, 0.4) is 0 Å². The lowest BCUT2D eigenvalue weighted by molar-refractivity contribution is 0.0709. The van der Waals surface area contributed by atoms with Gasteiger partial charge < -0.3 is 21.3 Å². The molecule has 6 nitrogen and oxygen atoms in total. The minimum atomic E-state index is -0.0243. The number of thiazole rings is 1. The third-order valence-electron chi connectivity index (χ3n) is 3.44. The van der Waals surface area contributed by atoms with Gasteiger partial charge >= 0.3 is 0 Å². The molecule has 1 saturated heterocycles. The number of hydrogen-bond acceptors (Lipinski definition) is 6. The Balaban J connectivity index is 2.09. The molecule has 0 atom stereocenters. The molecule has 20 heavy (non-hydrogen) atoms. The van der Waals surface area contributed by atoms with E-state index in [9.17, 15) is 4.79 Å². The normalized spacial score (nSPS) is 16.4. The second kappa shape index (κ2) is 6.41. The average Bonchev–Trinajstić information content (AvgIpc) is 2.78. The number of hydrogen-bond donors (Lipinski definition) is 3. The first-order valence-electron chi connectivity index (χ1n) is 6.99. The van der Waals surface area contributed by atoms with Gasteiger partial charge in [-0.2, -0.15) is 0 Å². The van der Waals surface area contributed by atoms with E-state index in [4.69, 9.17) is 5.73 Å². The monoisotopic (exact) mass is 297 g/mol. The zero-order valence-electron chi connectivity index (χ0n) is 12.3. The number of carbonyl (C=O) groups excluding carboxylic acids is 1. The maximum absolute atomic E-state index is 12.5. The van der Waals surface area contributed by atoms with Crippen LogP contribution in [0.1, 0.15) is 36.4 Å². The van der Waals surface area contributed by atoms with Crippen molar-refractivity contribution in [3.63, 3.8) is 0 Å². The van der Waals surface area contributed by atoms with Crippen LogP contribution in [-0.2, 0) is 0 Å². The van der Waals surface area contributed by atoms with E-state index in [2.05, 4.69) is 15.6 Å². The van der Waals surface area contributed by atoms with Crippen LogP contribution in [0, 0.1) is 0 Å². The minimum absolute atomic E-state index is 0.0243. The van der Waals surface area contributed by atoms with Crippen LogP contribution in [0.25, 0.3) is 0 Å². The molecule has 1 aromatic rings. The number of rotatable bonds is 4. The quantitative estimate of drug-likeness (QED) is 0.782. The summed E-state index contributed by atoms with van der Waals surface area (Å²) in [5, 5.41) is 7.20. The number of anilines is 2. The van der Waals surface area contributed by atoms with E-state index in [0.717, 1.165) is 25.9 Å². The third kappa shape index (κ3) is 3.40. The zero-order valence-corrected chi connectivity index (χ0v) is 13.1. The second-order valence-corrected chi connectivity index (χ2v) is 6.43. The topological polar surface area (TPSA) is 83.3 Å². The Morgan fingerprint density at radius 2 is 2.15 bits per heavy atom. The fraction of sp³-hybridized carbons (Fsp3) is 0.692. The number of nitrogens with one attached hydrogen (secondary N) is 2. The van der Waals surface area contributed by atoms with Crippen LogP contribution in [0.5, 0.6) is 0 Å². The molecule has 112 valence electrons. The van der Waals surface area contributed by atoms with Crippen molar-refractivity contribution in [2.75, 3.05) is 31.2 Å². The highest BCUT2D eigenvalue weighted by Gasteiger charge is 2.26. The molecule has 0 unspecified atom stereocenters. The third-order valence-corrected chi connectivity index (χ3v) is 4.43. The van der Waals surface area contributed by atoms with E-state index >= 15 is 0 Å². The Morgan fingerprint density at radius 3 is 2.75 bits per heavy atom. The molecule has 1 aliphatic heterocycles. The van der Waals surface area contributed by atoms with Gasteiger partial charge in [0, 0.05) is 19.1 Å². The molecular formula is C13H23N5OS. The summed E-state index contributed by atoms with van der Waals surface area (Å²) in [4.78, 5) is 19.1. The fourth-order valence-corrected chi connectivity index (χ4v) is 3.33. The summed E-state index contributed by atoms with van der Waals surface area (Å²) in [6.45, 7) is 5.97. The van der Waals surface area contributed by atoms with E-state index in [0.29, 0.717) is 15.8 Å². The van der Waals surface area contributed by atoms with Crippen LogP contribution in [-0.4, -0.2) is 48.0 Å². The van der Waals surface area contributed by atoms with Crippen LogP contribution in [0.2, 0.25) is 0 Å². The van der Waals surface area contributed by atoms with Gasteiger partial charge in [-0.05, 0) is 39.8 Å².